The molecule has 7 heteroatoms. The van der Waals surface area contributed by atoms with Crippen LogP contribution in [0.3, 0.4) is 0 Å². The predicted octanol–water partition coefficient (Wildman–Crippen LogP) is 1.91. The summed E-state index contributed by atoms with van der Waals surface area (Å²) in [4.78, 5) is 14.9. The molecule has 0 fully saturated rings. The molecule has 0 saturated heterocycles. The highest BCUT2D eigenvalue weighted by Crippen LogP contribution is 2.20. The number of carboxylic acids is 1. The van der Waals surface area contributed by atoms with Gasteiger partial charge in [0.1, 0.15) is 16.5 Å². The summed E-state index contributed by atoms with van der Waals surface area (Å²) in [5.74, 6) is -0.402. The van der Waals surface area contributed by atoms with Crippen molar-refractivity contribution in [3.63, 3.8) is 0 Å². The molecule has 0 unspecified atom stereocenters. The first-order valence-corrected chi connectivity index (χ1v) is 5.10. The molecule has 2 aromatic rings. The van der Waals surface area contributed by atoms with Crippen LogP contribution in [0.2, 0.25) is 5.15 Å². The maximum atomic E-state index is 11.0. The van der Waals surface area contributed by atoms with Crippen LogP contribution in [0.1, 0.15) is 10.4 Å². The van der Waals surface area contributed by atoms with E-state index in [4.69, 9.17) is 16.7 Å². The number of aromatic carboxylic acids is 1. The highest BCUT2D eigenvalue weighted by Gasteiger charge is 2.12. The molecule has 0 aliphatic carbocycles. The van der Waals surface area contributed by atoms with Crippen LogP contribution in [0.5, 0.6) is 0 Å². The maximum absolute atomic E-state index is 11.0. The quantitative estimate of drug-likeness (QED) is 0.816. The van der Waals surface area contributed by atoms with E-state index in [1.165, 1.54) is 12.1 Å². The number of aromatic nitrogens is 3. The molecule has 2 aromatic heterocycles. The van der Waals surface area contributed by atoms with E-state index in [1.54, 1.807) is 24.0 Å². The minimum Gasteiger partial charge on any atom is -0.478 e. The van der Waals surface area contributed by atoms with E-state index in [0.29, 0.717) is 5.82 Å². The third-order valence-electron chi connectivity index (χ3n) is 2.05. The highest BCUT2D eigenvalue weighted by molar-refractivity contribution is 6.29. The van der Waals surface area contributed by atoms with Crippen molar-refractivity contribution in [3.8, 4) is 0 Å². The van der Waals surface area contributed by atoms with Gasteiger partial charge in [0.25, 0.3) is 0 Å². The minimum absolute atomic E-state index is 0.0417. The van der Waals surface area contributed by atoms with E-state index in [-0.39, 0.29) is 16.5 Å². The van der Waals surface area contributed by atoms with Gasteiger partial charge >= 0.3 is 5.97 Å². The van der Waals surface area contributed by atoms with Crippen molar-refractivity contribution in [1.82, 2.24) is 14.8 Å². The number of hydrogen-bond acceptors (Lipinski definition) is 4. The van der Waals surface area contributed by atoms with Crippen LogP contribution in [0, 0.1) is 0 Å². The molecular weight excluding hydrogens is 244 g/mol. The summed E-state index contributed by atoms with van der Waals surface area (Å²) >= 11 is 5.72. The third-order valence-corrected chi connectivity index (χ3v) is 2.26. The molecule has 17 heavy (non-hydrogen) atoms. The van der Waals surface area contributed by atoms with Gasteiger partial charge in [-0.25, -0.2) is 9.78 Å². The van der Waals surface area contributed by atoms with Gasteiger partial charge in [0.05, 0.1) is 0 Å². The zero-order chi connectivity index (χ0) is 12.4. The van der Waals surface area contributed by atoms with Gasteiger partial charge in [0.2, 0.25) is 0 Å². The Morgan fingerprint density at radius 3 is 2.82 bits per heavy atom. The first-order chi connectivity index (χ1) is 8.06. The monoisotopic (exact) mass is 252 g/mol. The van der Waals surface area contributed by atoms with Crippen molar-refractivity contribution in [2.75, 3.05) is 5.32 Å². The molecule has 0 radical (unpaired) electrons. The molecule has 2 N–H and O–H groups in total. The Morgan fingerprint density at radius 1 is 1.47 bits per heavy atom. The summed E-state index contributed by atoms with van der Waals surface area (Å²) in [6.07, 6.45) is 1.73. The lowest BCUT2D eigenvalue weighted by Crippen LogP contribution is -2.05. The Labute approximate surface area is 102 Å². The molecule has 0 bridgehead atoms. The van der Waals surface area contributed by atoms with Gasteiger partial charge in [-0.2, -0.15) is 5.10 Å². The molecule has 0 aliphatic heterocycles. The normalized spacial score (nSPS) is 10.2. The van der Waals surface area contributed by atoms with Crippen LogP contribution >= 0.6 is 11.6 Å². The van der Waals surface area contributed by atoms with E-state index in [9.17, 15) is 4.79 Å². The summed E-state index contributed by atoms with van der Waals surface area (Å²) in [7, 11) is 1.76. The maximum Gasteiger partial charge on any atom is 0.339 e. The van der Waals surface area contributed by atoms with Crippen molar-refractivity contribution >= 4 is 29.2 Å². The van der Waals surface area contributed by atoms with Crippen molar-refractivity contribution in [2.45, 2.75) is 0 Å². The molecule has 2 rings (SSSR count). The van der Waals surface area contributed by atoms with Gasteiger partial charge in [-0.05, 0) is 12.1 Å². The average Bonchev–Trinajstić information content (AvgIpc) is 2.63. The SMILES string of the molecule is Cn1ccc(Nc2nc(Cl)ccc2C(=O)O)n1. The van der Waals surface area contributed by atoms with Crippen molar-refractivity contribution in [1.29, 1.82) is 0 Å². The summed E-state index contributed by atoms with van der Waals surface area (Å²) < 4.78 is 1.59. The second-order valence-corrected chi connectivity index (χ2v) is 3.72. The van der Waals surface area contributed by atoms with Crippen LogP contribution in [0.25, 0.3) is 0 Å². The Kier molecular flexibility index (Phi) is 2.97. The largest absolute Gasteiger partial charge is 0.478 e. The van der Waals surface area contributed by atoms with Crippen LogP contribution in [0.4, 0.5) is 11.6 Å². The first-order valence-electron chi connectivity index (χ1n) is 4.73. The number of nitrogens with zero attached hydrogens (tertiary/aromatic N) is 3. The van der Waals surface area contributed by atoms with E-state index in [2.05, 4.69) is 15.4 Å². The number of aryl methyl sites for hydroxylation is 1. The lowest BCUT2D eigenvalue weighted by atomic mass is 10.2. The molecule has 0 atom stereocenters. The molecule has 0 spiro atoms. The van der Waals surface area contributed by atoms with Crippen LogP contribution in [-0.4, -0.2) is 25.8 Å². The van der Waals surface area contributed by atoms with Gasteiger partial charge < -0.3 is 10.4 Å². The molecule has 2 heterocycles. The number of carbonyl (C=O) groups is 1. The lowest BCUT2D eigenvalue weighted by molar-refractivity contribution is 0.0697. The third kappa shape index (κ3) is 2.54. The second kappa shape index (κ2) is 4.42. The van der Waals surface area contributed by atoms with Gasteiger partial charge in [-0.3, -0.25) is 4.68 Å². The summed E-state index contributed by atoms with van der Waals surface area (Å²) in [5, 5.41) is 16.1. The lowest BCUT2D eigenvalue weighted by Gasteiger charge is -2.06. The highest BCUT2D eigenvalue weighted by atomic mass is 35.5. The van der Waals surface area contributed by atoms with Gasteiger partial charge in [0, 0.05) is 19.3 Å². The fourth-order valence-corrected chi connectivity index (χ4v) is 1.45. The minimum atomic E-state index is -1.08. The Bertz CT molecular complexity index is 567. The topological polar surface area (TPSA) is 80.0 Å². The molecule has 0 amide bonds. The van der Waals surface area contributed by atoms with Crippen LogP contribution in [0.15, 0.2) is 24.4 Å². The number of anilines is 2. The Balaban J connectivity index is 2.37. The smallest absolute Gasteiger partial charge is 0.339 e. The zero-order valence-corrected chi connectivity index (χ0v) is 9.64. The van der Waals surface area contributed by atoms with Gasteiger partial charge in [-0.15, -0.1) is 0 Å². The molecular formula is C10H9ClN4O2. The Hall–Kier alpha value is -2.08. The predicted molar refractivity (Wildman–Crippen MR) is 62.7 cm³/mol. The van der Waals surface area contributed by atoms with E-state index in [1.807, 2.05) is 0 Å². The standard InChI is InChI=1S/C10H9ClN4O2/c1-15-5-4-8(14-15)13-9-6(10(16)17)2-3-7(11)12-9/h2-5H,1H3,(H,16,17)(H,12,13,14). The van der Waals surface area contributed by atoms with Crippen LogP contribution < -0.4 is 5.32 Å². The summed E-state index contributed by atoms with van der Waals surface area (Å²) in [6.45, 7) is 0. The van der Waals surface area contributed by atoms with E-state index in [0.717, 1.165) is 0 Å². The average molecular weight is 253 g/mol. The fourth-order valence-electron chi connectivity index (χ4n) is 1.31. The number of nitrogens with one attached hydrogen (secondary N) is 1. The fraction of sp³-hybridized carbons (Fsp3) is 0.100. The van der Waals surface area contributed by atoms with Gasteiger partial charge in [0.15, 0.2) is 5.82 Å². The summed E-state index contributed by atoms with van der Waals surface area (Å²) in [5.41, 5.74) is 0.0417. The second-order valence-electron chi connectivity index (χ2n) is 3.33. The molecule has 88 valence electrons. The van der Waals surface area contributed by atoms with Gasteiger partial charge in [-0.1, -0.05) is 11.6 Å². The van der Waals surface area contributed by atoms with Crippen molar-refractivity contribution in [3.05, 3.63) is 35.1 Å². The van der Waals surface area contributed by atoms with E-state index >= 15 is 0 Å². The number of halogens is 1. The number of hydrogen-bond donors (Lipinski definition) is 2. The van der Waals surface area contributed by atoms with Crippen LogP contribution in [-0.2, 0) is 7.05 Å². The number of pyridine rings is 1. The molecule has 0 saturated carbocycles. The molecule has 0 aliphatic rings. The molecule has 0 aromatic carbocycles. The zero-order valence-electron chi connectivity index (χ0n) is 8.88. The Morgan fingerprint density at radius 2 is 2.24 bits per heavy atom. The first kappa shape index (κ1) is 11.4. The molecule has 6 nitrogen and oxygen atoms in total. The van der Waals surface area contributed by atoms with Crippen molar-refractivity contribution < 1.29 is 9.90 Å². The number of carboxylic acid groups (broad SMARTS) is 1. The van der Waals surface area contributed by atoms with E-state index < -0.39 is 5.97 Å². The van der Waals surface area contributed by atoms with Crippen molar-refractivity contribution in [2.24, 2.45) is 7.05 Å². The number of rotatable bonds is 3. The summed E-state index contributed by atoms with van der Waals surface area (Å²) in [6, 6.07) is 4.52.